The Morgan fingerprint density at radius 2 is 1.65 bits per heavy atom. The van der Waals surface area contributed by atoms with E-state index in [-0.39, 0.29) is 0 Å². The molecule has 1 nitrogen and oxygen atoms in total. The van der Waals surface area contributed by atoms with Gasteiger partial charge in [0.15, 0.2) is 17.5 Å². The predicted octanol–water partition coefficient (Wildman–Crippen LogP) is 3.42. The number of hydrogen-bond acceptors (Lipinski definition) is 1. The summed E-state index contributed by atoms with van der Waals surface area (Å²) in [6, 6.07) is 2.57. The number of unbranched alkanes of at least 4 members (excludes halogenated alkanes) is 1. The maximum absolute atomic E-state index is 12.9. The van der Waals surface area contributed by atoms with Crippen LogP contribution in [0.25, 0.3) is 0 Å². The number of halogens is 3. The van der Waals surface area contributed by atoms with Crippen LogP contribution in [0.2, 0.25) is 0 Å². The molecule has 0 atom stereocenters. The van der Waals surface area contributed by atoms with Gasteiger partial charge < -0.3 is 5.32 Å². The first-order valence-corrected chi connectivity index (χ1v) is 5.87. The molecule has 96 valence electrons. The second-order valence-electron chi connectivity index (χ2n) is 4.44. The van der Waals surface area contributed by atoms with Gasteiger partial charge in [0.1, 0.15) is 0 Å². The summed E-state index contributed by atoms with van der Waals surface area (Å²) >= 11 is 0. The van der Waals surface area contributed by atoms with Gasteiger partial charge in [-0.2, -0.15) is 0 Å². The molecule has 0 aliphatic rings. The zero-order valence-corrected chi connectivity index (χ0v) is 10.2. The highest BCUT2D eigenvalue weighted by atomic mass is 19.2. The largest absolute Gasteiger partial charge is 0.315 e. The van der Waals surface area contributed by atoms with Crippen molar-refractivity contribution in [3.8, 4) is 0 Å². The van der Waals surface area contributed by atoms with Crippen LogP contribution in [-0.4, -0.2) is 12.6 Å². The van der Waals surface area contributed by atoms with Crippen molar-refractivity contribution in [1.29, 1.82) is 0 Å². The number of nitrogens with one attached hydrogen (secondary N) is 1. The monoisotopic (exact) mass is 245 g/mol. The topological polar surface area (TPSA) is 12.0 Å². The highest BCUT2D eigenvalue weighted by Gasteiger charge is 2.09. The molecule has 0 unspecified atom stereocenters. The molecule has 1 N–H and O–H groups in total. The Morgan fingerprint density at radius 3 is 2.18 bits per heavy atom. The fraction of sp³-hybridized carbons (Fsp3) is 0.538. The average Bonchev–Trinajstić information content (AvgIpc) is 2.25. The molecule has 17 heavy (non-hydrogen) atoms. The molecule has 0 amide bonds. The van der Waals surface area contributed by atoms with E-state index in [1.54, 1.807) is 0 Å². The van der Waals surface area contributed by atoms with Crippen molar-refractivity contribution in [2.24, 2.45) is 0 Å². The summed E-state index contributed by atoms with van der Waals surface area (Å²) in [5.41, 5.74) is 0.506. The molecular weight excluding hydrogens is 227 g/mol. The van der Waals surface area contributed by atoms with Crippen molar-refractivity contribution in [2.75, 3.05) is 6.54 Å². The fourth-order valence-electron chi connectivity index (χ4n) is 1.60. The van der Waals surface area contributed by atoms with Crippen molar-refractivity contribution < 1.29 is 13.2 Å². The molecule has 0 aromatic heterocycles. The lowest BCUT2D eigenvalue weighted by atomic mass is 10.1. The van der Waals surface area contributed by atoms with E-state index in [1.165, 1.54) is 0 Å². The van der Waals surface area contributed by atoms with Crippen LogP contribution in [-0.2, 0) is 6.42 Å². The molecule has 0 saturated carbocycles. The van der Waals surface area contributed by atoms with Crippen LogP contribution in [0.15, 0.2) is 12.1 Å². The molecule has 0 saturated heterocycles. The van der Waals surface area contributed by atoms with E-state index in [2.05, 4.69) is 19.2 Å². The lowest BCUT2D eigenvalue weighted by Crippen LogP contribution is -2.23. The minimum Gasteiger partial charge on any atom is -0.315 e. The van der Waals surface area contributed by atoms with Crippen LogP contribution in [0.3, 0.4) is 0 Å². The molecule has 1 aromatic carbocycles. The molecule has 1 aromatic rings. The van der Waals surface area contributed by atoms with E-state index in [1.807, 2.05) is 0 Å². The molecule has 0 bridgehead atoms. The lowest BCUT2D eigenvalue weighted by molar-refractivity contribution is 0.444. The maximum Gasteiger partial charge on any atom is 0.194 e. The van der Waals surface area contributed by atoms with Gasteiger partial charge in [0.05, 0.1) is 0 Å². The van der Waals surface area contributed by atoms with Gasteiger partial charge in [-0.05, 0) is 43.5 Å². The number of aryl methyl sites for hydroxylation is 1. The number of hydrogen-bond donors (Lipinski definition) is 1. The standard InChI is InChI=1S/C13H18F3N/c1-9(2)17-6-4-3-5-10-7-11(14)13(16)12(15)8-10/h7-9,17H,3-6H2,1-2H3. The average molecular weight is 245 g/mol. The normalized spacial score (nSPS) is 11.2. The Labute approximate surface area is 100 Å². The van der Waals surface area contributed by atoms with Gasteiger partial charge in [-0.1, -0.05) is 13.8 Å². The van der Waals surface area contributed by atoms with Crippen molar-refractivity contribution >= 4 is 0 Å². The Morgan fingerprint density at radius 1 is 1.06 bits per heavy atom. The summed E-state index contributed by atoms with van der Waals surface area (Å²) in [6.45, 7) is 5.00. The minimum absolute atomic E-state index is 0.440. The van der Waals surface area contributed by atoms with Crippen LogP contribution in [0.4, 0.5) is 13.2 Å². The van der Waals surface area contributed by atoms with Crippen LogP contribution >= 0.6 is 0 Å². The zero-order valence-electron chi connectivity index (χ0n) is 10.2. The Hall–Kier alpha value is -1.03. The quantitative estimate of drug-likeness (QED) is 0.598. The predicted molar refractivity (Wildman–Crippen MR) is 62.4 cm³/mol. The molecule has 1 rings (SSSR count). The number of rotatable bonds is 6. The summed E-state index contributed by atoms with van der Waals surface area (Å²) in [4.78, 5) is 0. The zero-order chi connectivity index (χ0) is 12.8. The van der Waals surface area contributed by atoms with E-state index in [0.29, 0.717) is 18.0 Å². The van der Waals surface area contributed by atoms with Gasteiger partial charge in [-0.25, -0.2) is 13.2 Å². The van der Waals surface area contributed by atoms with Gasteiger partial charge in [0, 0.05) is 6.04 Å². The van der Waals surface area contributed by atoms with Crippen LogP contribution in [0, 0.1) is 17.5 Å². The van der Waals surface area contributed by atoms with Crippen LogP contribution in [0.5, 0.6) is 0 Å². The third kappa shape index (κ3) is 4.77. The second-order valence-corrected chi connectivity index (χ2v) is 4.44. The van der Waals surface area contributed by atoms with Crippen molar-refractivity contribution in [2.45, 2.75) is 39.2 Å². The Bertz CT molecular complexity index is 341. The third-order valence-corrected chi connectivity index (χ3v) is 2.49. The highest BCUT2D eigenvalue weighted by Crippen LogP contribution is 2.15. The lowest BCUT2D eigenvalue weighted by Gasteiger charge is -2.07. The van der Waals surface area contributed by atoms with E-state index >= 15 is 0 Å². The van der Waals surface area contributed by atoms with Gasteiger partial charge in [0.2, 0.25) is 0 Å². The van der Waals surface area contributed by atoms with Crippen molar-refractivity contribution in [1.82, 2.24) is 5.32 Å². The smallest absolute Gasteiger partial charge is 0.194 e. The molecule has 0 heterocycles. The first kappa shape index (κ1) is 14.0. The van der Waals surface area contributed by atoms with E-state index in [0.717, 1.165) is 31.5 Å². The second kappa shape index (κ2) is 6.64. The summed E-state index contributed by atoms with van der Waals surface area (Å²) in [5, 5.41) is 3.26. The van der Waals surface area contributed by atoms with E-state index < -0.39 is 17.5 Å². The Balaban J connectivity index is 2.37. The summed E-state index contributed by atoms with van der Waals surface area (Å²) in [5.74, 6) is -3.61. The first-order chi connectivity index (χ1) is 8.00. The van der Waals surface area contributed by atoms with Crippen molar-refractivity contribution in [3.63, 3.8) is 0 Å². The van der Waals surface area contributed by atoms with Gasteiger partial charge in [-0.15, -0.1) is 0 Å². The summed E-state index contributed by atoms with van der Waals surface area (Å²) in [6.07, 6.45) is 2.32. The molecule has 0 fully saturated rings. The first-order valence-electron chi connectivity index (χ1n) is 5.87. The molecule has 0 aliphatic heterocycles. The maximum atomic E-state index is 12.9. The van der Waals surface area contributed by atoms with E-state index in [9.17, 15) is 13.2 Å². The molecule has 0 radical (unpaired) electrons. The summed E-state index contributed by atoms with van der Waals surface area (Å²) in [7, 11) is 0. The fourth-order valence-corrected chi connectivity index (χ4v) is 1.60. The van der Waals surface area contributed by atoms with Gasteiger partial charge in [0.25, 0.3) is 0 Å². The summed E-state index contributed by atoms with van der Waals surface area (Å²) < 4.78 is 38.5. The minimum atomic E-state index is -1.39. The van der Waals surface area contributed by atoms with Gasteiger partial charge in [-0.3, -0.25) is 0 Å². The van der Waals surface area contributed by atoms with Crippen LogP contribution in [0.1, 0.15) is 32.3 Å². The van der Waals surface area contributed by atoms with Gasteiger partial charge >= 0.3 is 0 Å². The SMILES string of the molecule is CC(C)NCCCCc1cc(F)c(F)c(F)c1. The van der Waals surface area contributed by atoms with Crippen LogP contribution < -0.4 is 5.32 Å². The number of benzene rings is 1. The third-order valence-electron chi connectivity index (χ3n) is 2.49. The van der Waals surface area contributed by atoms with Crippen molar-refractivity contribution in [3.05, 3.63) is 35.1 Å². The molecular formula is C13H18F3N. The highest BCUT2D eigenvalue weighted by molar-refractivity contribution is 5.19. The molecule has 0 aliphatic carbocycles. The molecule has 4 heteroatoms. The Kier molecular flexibility index (Phi) is 5.48. The van der Waals surface area contributed by atoms with E-state index in [4.69, 9.17) is 0 Å². The molecule has 0 spiro atoms.